The van der Waals surface area contributed by atoms with Gasteiger partial charge in [0.1, 0.15) is 0 Å². The minimum Gasteiger partial charge on any atom is -0.384 e. The molecule has 1 fully saturated rings. The first-order valence-electron chi connectivity index (χ1n) is 7.99. The van der Waals surface area contributed by atoms with Gasteiger partial charge in [0.2, 0.25) is 0 Å². The van der Waals surface area contributed by atoms with E-state index < -0.39 is 0 Å². The van der Waals surface area contributed by atoms with E-state index in [1.165, 1.54) is 0 Å². The van der Waals surface area contributed by atoms with Gasteiger partial charge in [-0.05, 0) is 31.4 Å². The number of hydrogen-bond donors (Lipinski definition) is 2. The number of benzene rings is 1. The van der Waals surface area contributed by atoms with E-state index in [0.29, 0.717) is 18.6 Å². The lowest BCUT2D eigenvalue weighted by atomic mass is 9.99. The van der Waals surface area contributed by atoms with E-state index >= 15 is 0 Å². The molecule has 0 bridgehead atoms. The summed E-state index contributed by atoms with van der Waals surface area (Å²) in [6, 6.07) is 7.68. The van der Waals surface area contributed by atoms with Crippen molar-refractivity contribution in [3.63, 3.8) is 0 Å². The Morgan fingerprint density at radius 3 is 2.90 bits per heavy atom. The molecule has 2 rings (SSSR count). The number of nitrogens with one attached hydrogen (secondary N) is 2. The van der Waals surface area contributed by atoms with Crippen molar-refractivity contribution in [2.75, 3.05) is 25.0 Å². The van der Waals surface area contributed by atoms with Crippen LogP contribution in [0.1, 0.15) is 43.5 Å². The largest absolute Gasteiger partial charge is 0.384 e. The summed E-state index contributed by atoms with van der Waals surface area (Å²) in [6.45, 7) is 6.63. The third-order valence-electron chi connectivity index (χ3n) is 4.01. The fourth-order valence-corrected chi connectivity index (χ4v) is 2.79. The van der Waals surface area contributed by atoms with E-state index in [1.807, 2.05) is 24.3 Å². The lowest BCUT2D eigenvalue weighted by Gasteiger charge is -2.18. The van der Waals surface area contributed by atoms with Crippen LogP contribution in [0.15, 0.2) is 24.3 Å². The Bertz CT molecular complexity index is 462. The van der Waals surface area contributed by atoms with E-state index in [4.69, 9.17) is 4.74 Å². The Morgan fingerprint density at radius 1 is 1.33 bits per heavy atom. The van der Waals surface area contributed by atoms with Crippen molar-refractivity contribution in [1.29, 1.82) is 0 Å². The molecule has 2 unspecified atom stereocenters. The lowest BCUT2D eigenvalue weighted by molar-refractivity contribution is 0.0827. The van der Waals surface area contributed by atoms with Gasteiger partial charge in [-0.25, -0.2) is 0 Å². The maximum atomic E-state index is 12.4. The first-order chi connectivity index (χ1) is 10.3. The van der Waals surface area contributed by atoms with E-state index in [1.54, 1.807) is 0 Å². The number of amides is 1. The molecule has 0 aromatic heterocycles. The Balaban J connectivity index is 1.94. The molecule has 1 aromatic carbocycles. The van der Waals surface area contributed by atoms with Gasteiger partial charge in [-0.2, -0.15) is 0 Å². The number of para-hydroxylation sites is 1. The van der Waals surface area contributed by atoms with Crippen LogP contribution in [0.25, 0.3) is 0 Å². The lowest BCUT2D eigenvalue weighted by Crippen LogP contribution is -2.33. The summed E-state index contributed by atoms with van der Waals surface area (Å²) < 4.78 is 5.67. The molecule has 2 N–H and O–H groups in total. The topological polar surface area (TPSA) is 50.4 Å². The molecule has 21 heavy (non-hydrogen) atoms. The van der Waals surface area contributed by atoms with E-state index in [9.17, 15) is 4.79 Å². The third-order valence-corrected chi connectivity index (χ3v) is 4.01. The second-order valence-electron chi connectivity index (χ2n) is 5.55. The summed E-state index contributed by atoms with van der Waals surface area (Å²) in [5.41, 5.74) is 1.63. The van der Waals surface area contributed by atoms with E-state index in [2.05, 4.69) is 24.5 Å². The van der Waals surface area contributed by atoms with Crippen LogP contribution in [-0.4, -0.2) is 31.7 Å². The van der Waals surface area contributed by atoms with Gasteiger partial charge in [0, 0.05) is 31.3 Å². The van der Waals surface area contributed by atoms with Crippen LogP contribution in [0.2, 0.25) is 0 Å². The molecule has 2 atom stereocenters. The second kappa shape index (κ2) is 8.03. The molecule has 0 spiro atoms. The van der Waals surface area contributed by atoms with Gasteiger partial charge in [0.25, 0.3) is 5.91 Å². The average Bonchev–Trinajstić information content (AvgIpc) is 2.98. The quantitative estimate of drug-likeness (QED) is 0.811. The molecule has 1 amide bonds. The molecular formula is C17H26N2O2. The van der Waals surface area contributed by atoms with Crippen molar-refractivity contribution in [2.24, 2.45) is 5.92 Å². The number of carbonyl (C=O) groups is 1. The molecule has 1 saturated heterocycles. The number of rotatable bonds is 7. The maximum Gasteiger partial charge on any atom is 0.253 e. The zero-order chi connectivity index (χ0) is 15.1. The fourth-order valence-electron chi connectivity index (χ4n) is 2.79. The Hall–Kier alpha value is -1.55. The van der Waals surface area contributed by atoms with Crippen molar-refractivity contribution in [3.8, 4) is 0 Å². The first kappa shape index (κ1) is 15.8. The summed E-state index contributed by atoms with van der Waals surface area (Å²) in [4.78, 5) is 12.4. The van der Waals surface area contributed by atoms with Gasteiger partial charge in [-0.3, -0.25) is 4.79 Å². The Labute approximate surface area is 127 Å². The van der Waals surface area contributed by atoms with Gasteiger partial charge in [-0.15, -0.1) is 0 Å². The van der Waals surface area contributed by atoms with Crippen molar-refractivity contribution in [1.82, 2.24) is 5.32 Å². The van der Waals surface area contributed by atoms with Crippen LogP contribution >= 0.6 is 0 Å². The number of carbonyl (C=O) groups excluding carboxylic acids is 1. The van der Waals surface area contributed by atoms with Crippen molar-refractivity contribution in [3.05, 3.63) is 29.8 Å². The van der Waals surface area contributed by atoms with Gasteiger partial charge < -0.3 is 15.4 Å². The molecular weight excluding hydrogens is 264 g/mol. The highest BCUT2D eigenvalue weighted by Crippen LogP contribution is 2.23. The van der Waals surface area contributed by atoms with Crippen LogP contribution < -0.4 is 10.6 Å². The molecule has 116 valence electrons. The summed E-state index contributed by atoms with van der Waals surface area (Å²) in [5.74, 6) is 0.436. The van der Waals surface area contributed by atoms with Crippen LogP contribution in [0.3, 0.4) is 0 Å². The molecule has 1 heterocycles. The Kier molecular flexibility index (Phi) is 6.05. The average molecular weight is 290 g/mol. The van der Waals surface area contributed by atoms with Crippen LogP contribution in [-0.2, 0) is 4.74 Å². The predicted octanol–water partition coefficient (Wildman–Crippen LogP) is 3.05. The first-order valence-corrected chi connectivity index (χ1v) is 7.99. The zero-order valence-corrected chi connectivity index (χ0v) is 13.0. The highest BCUT2D eigenvalue weighted by atomic mass is 16.5. The molecule has 1 aromatic rings. The van der Waals surface area contributed by atoms with Crippen LogP contribution in [0.5, 0.6) is 0 Å². The number of hydrogen-bond acceptors (Lipinski definition) is 3. The molecule has 1 aliphatic rings. The Morgan fingerprint density at radius 2 is 2.14 bits per heavy atom. The minimum atomic E-state index is -0.00374. The monoisotopic (exact) mass is 290 g/mol. The van der Waals surface area contributed by atoms with Crippen molar-refractivity contribution < 1.29 is 9.53 Å². The fraction of sp³-hybridized carbons (Fsp3) is 0.588. The maximum absolute atomic E-state index is 12.4. The second-order valence-corrected chi connectivity index (χ2v) is 5.55. The SMILES string of the molecule is CCCNc1ccccc1C(=O)NCC1CCOC1CC. The van der Waals surface area contributed by atoms with E-state index in [0.717, 1.165) is 43.7 Å². The molecule has 1 aliphatic heterocycles. The standard InChI is InChI=1S/C17H26N2O2/c1-3-10-18-15-8-6-5-7-14(15)17(20)19-12-13-9-11-21-16(13)4-2/h5-8,13,16,18H,3-4,9-12H2,1-2H3,(H,19,20). The van der Waals surface area contributed by atoms with Gasteiger partial charge in [-0.1, -0.05) is 26.0 Å². The highest BCUT2D eigenvalue weighted by Gasteiger charge is 2.27. The molecule has 0 saturated carbocycles. The normalized spacial score (nSPS) is 21.2. The van der Waals surface area contributed by atoms with Crippen LogP contribution in [0, 0.1) is 5.92 Å². The van der Waals surface area contributed by atoms with Gasteiger partial charge in [0.15, 0.2) is 0 Å². The molecule has 0 aliphatic carbocycles. The highest BCUT2D eigenvalue weighted by molar-refractivity contribution is 5.99. The van der Waals surface area contributed by atoms with Crippen LogP contribution in [0.4, 0.5) is 5.69 Å². The molecule has 4 nitrogen and oxygen atoms in total. The summed E-state index contributed by atoms with van der Waals surface area (Å²) in [6.07, 6.45) is 3.37. The summed E-state index contributed by atoms with van der Waals surface area (Å²) in [7, 11) is 0. The number of anilines is 1. The van der Waals surface area contributed by atoms with E-state index in [-0.39, 0.29) is 5.91 Å². The number of ether oxygens (including phenoxy) is 1. The van der Waals surface area contributed by atoms with Crippen molar-refractivity contribution in [2.45, 2.75) is 39.2 Å². The minimum absolute atomic E-state index is 0.00374. The summed E-state index contributed by atoms with van der Waals surface area (Å²) in [5, 5.41) is 6.37. The molecule has 0 radical (unpaired) electrons. The van der Waals surface area contributed by atoms with Gasteiger partial charge >= 0.3 is 0 Å². The molecule has 4 heteroatoms. The van der Waals surface area contributed by atoms with Crippen molar-refractivity contribution >= 4 is 11.6 Å². The third kappa shape index (κ3) is 4.21. The zero-order valence-electron chi connectivity index (χ0n) is 13.0. The van der Waals surface area contributed by atoms with Gasteiger partial charge in [0.05, 0.1) is 11.7 Å². The smallest absolute Gasteiger partial charge is 0.253 e. The predicted molar refractivity (Wildman–Crippen MR) is 85.7 cm³/mol. The summed E-state index contributed by atoms with van der Waals surface area (Å²) >= 11 is 0.